The lowest BCUT2D eigenvalue weighted by atomic mass is 9.96. The van der Waals surface area contributed by atoms with E-state index in [1.165, 1.54) is 10.6 Å². The highest BCUT2D eigenvalue weighted by Gasteiger charge is 2.14. The van der Waals surface area contributed by atoms with Crippen LogP contribution in [0.2, 0.25) is 0 Å². The van der Waals surface area contributed by atoms with Crippen LogP contribution in [-0.2, 0) is 6.42 Å². The van der Waals surface area contributed by atoms with E-state index in [4.69, 9.17) is 0 Å². The molecule has 1 atom stereocenters. The molecule has 0 aliphatic carbocycles. The molecule has 102 valence electrons. The Hall–Kier alpha value is -0.710. The van der Waals surface area contributed by atoms with E-state index in [0.29, 0.717) is 5.92 Å². The molecule has 0 saturated carbocycles. The van der Waals surface area contributed by atoms with Gasteiger partial charge in [0, 0.05) is 34.4 Å². The molecule has 0 amide bonds. The van der Waals surface area contributed by atoms with E-state index in [1.807, 2.05) is 0 Å². The smallest absolute Gasteiger partial charge is 0.0934 e. The van der Waals surface area contributed by atoms with Crippen LogP contribution in [0.5, 0.6) is 0 Å². The van der Waals surface area contributed by atoms with Crippen LogP contribution in [-0.4, -0.2) is 18.1 Å². The van der Waals surface area contributed by atoms with Crippen molar-refractivity contribution in [1.29, 1.82) is 0 Å². The Morgan fingerprint density at radius 1 is 1.32 bits per heavy atom. The zero-order chi connectivity index (χ0) is 13.7. The first kappa shape index (κ1) is 14.7. The van der Waals surface area contributed by atoms with E-state index in [0.717, 1.165) is 29.7 Å². The summed E-state index contributed by atoms with van der Waals surface area (Å²) in [5.74, 6) is 0.485. The van der Waals surface area contributed by atoms with Gasteiger partial charge in [-0.25, -0.2) is 4.98 Å². The maximum Gasteiger partial charge on any atom is 0.0934 e. The number of hydrogen-bond acceptors (Lipinski definition) is 3. The molecule has 0 fully saturated rings. The van der Waals surface area contributed by atoms with Gasteiger partial charge >= 0.3 is 0 Å². The van der Waals surface area contributed by atoms with Crippen molar-refractivity contribution in [2.45, 2.75) is 26.2 Å². The van der Waals surface area contributed by atoms with Crippen LogP contribution >= 0.6 is 27.3 Å². The maximum absolute atomic E-state index is 4.58. The third-order valence-electron chi connectivity index (χ3n) is 3.07. The molecule has 0 spiro atoms. The molecule has 4 heteroatoms. The van der Waals surface area contributed by atoms with Crippen molar-refractivity contribution in [3.8, 4) is 0 Å². The number of hydrogen-bond donors (Lipinski definition) is 1. The van der Waals surface area contributed by atoms with Gasteiger partial charge in [0.25, 0.3) is 0 Å². The summed E-state index contributed by atoms with van der Waals surface area (Å²) in [6.07, 6.45) is 1.01. The summed E-state index contributed by atoms with van der Waals surface area (Å²) in [7, 11) is 0. The molecule has 1 unspecified atom stereocenters. The third-order valence-corrected chi connectivity index (χ3v) is 4.59. The largest absolute Gasteiger partial charge is 0.316 e. The predicted molar refractivity (Wildman–Crippen MR) is 86.0 cm³/mol. The van der Waals surface area contributed by atoms with E-state index in [-0.39, 0.29) is 0 Å². The molecule has 2 rings (SSSR count). The molecule has 0 bridgehead atoms. The van der Waals surface area contributed by atoms with Crippen LogP contribution in [0.3, 0.4) is 0 Å². The Balaban J connectivity index is 2.13. The van der Waals surface area contributed by atoms with Gasteiger partial charge < -0.3 is 5.32 Å². The van der Waals surface area contributed by atoms with Crippen LogP contribution in [0.4, 0.5) is 0 Å². The molecule has 2 aromatic rings. The fourth-order valence-electron chi connectivity index (χ4n) is 2.07. The summed E-state index contributed by atoms with van der Waals surface area (Å²) in [6.45, 7) is 6.20. The van der Waals surface area contributed by atoms with Gasteiger partial charge in [-0.3, -0.25) is 0 Å². The van der Waals surface area contributed by atoms with Gasteiger partial charge in [0.05, 0.1) is 5.01 Å². The second kappa shape index (κ2) is 7.17. The molecule has 0 saturated heterocycles. The standard InChI is InChI=1S/C15H19BrN2S/c1-3-17-9-13(8-15-18-11(2)10-19-15)12-4-6-14(16)7-5-12/h4-7,10,13,17H,3,8-9H2,1-2H3. The van der Waals surface area contributed by atoms with Crippen molar-refractivity contribution >= 4 is 27.3 Å². The van der Waals surface area contributed by atoms with E-state index < -0.39 is 0 Å². The van der Waals surface area contributed by atoms with Crippen LogP contribution in [0.1, 0.15) is 29.1 Å². The summed E-state index contributed by atoms with van der Waals surface area (Å²) in [5, 5.41) is 6.81. The third kappa shape index (κ3) is 4.41. The first-order valence-corrected chi connectivity index (χ1v) is 8.23. The van der Waals surface area contributed by atoms with Crippen molar-refractivity contribution in [2.24, 2.45) is 0 Å². The minimum Gasteiger partial charge on any atom is -0.316 e. The molecule has 1 N–H and O–H groups in total. The number of rotatable bonds is 6. The highest BCUT2D eigenvalue weighted by molar-refractivity contribution is 9.10. The highest BCUT2D eigenvalue weighted by atomic mass is 79.9. The van der Waals surface area contributed by atoms with Gasteiger partial charge in [-0.05, 0) is 31.2 Å². The van der Waals surface area contributed by atoms with Crippen LogP contribution < -0.4 is 5.32 Å². The zero-order valence-corrected chi connectivity index (χ0v) is 13.7. The number of thiazole rings is 1. The van der Waals surface area contributed by atoms with E-state index in [1.54, 1.807) is 11.3 Å². The molecule has 19 heavy (non-hydrogen) atoms. The van der Waals surface area contributed by atoms with Gasteiger partial charge in [0.2, 0.25) is 0 Å². The number of nitrogens with one attached hydrogen (secondary N) is 1. The minimum atomic E-state index is 0.485. The fraction of sp³-hybridized carbons (Fsp3) is 0.400. The Labute approximate surface area is 127 Å². The molecule has 1 aromatic carbocycles. The zero-order valence-electron chi connectivity index (χ0n) is 11.3. The van der Waals surface area contributed by atoms with Crippen LogP contribution in [0.15, 0.2) is 34.1 Å². The highest BCUT2D eigenvalue weighted by Crippen LogP contribution is 2.24. The number of aromatic nitrogens is 1. The molecule has 1 aromatic heterocycles. The number of halogens is 1. The van der Waals surface area contributed by atoms with Crippen molar-refractivity contribution in [2.75, 3.05) is 13.1 Å². The van der Waals surface area contributed by atoms with E-state index in [9.17, 15) is 0 Å². The normalized spacial score (nSPS) is 12.6. The van der Waals surface area contributed by atoms with Crippen LogP contribution in [0, 0.1) is 6.92 Å². The van der Waals surface area contributed by atoms with Gasteiger partial charge in [-0.1, -0.05) is 35.0 Å². The first-order chi connectivity index (χ1) is 9.19. The monoisotopic (exact) mass is 338 g/mol. The Morgan fingerprint density at radius 3 is 2.63 bits per heavy atom. The van der Waals surface area contributed by atoms with Gasteiger partial charge in [0.1, 0.15) is 0 Å². The molecule has 1 heterocycles. The number of nitrogens with zero attached hydrogens (tertiary/aromatic N) is 1. The summed E-state index contributed by atoms with van der Waals surface area (Å²) in [4.78, 5) is 4.58. The van der Waals surface area contributed by atoms with Crippen molar-refractivity contribution in [3.05, 3.63) is 50.4 Å². The summed E-state index contributed by atoms with van der Waals surface area (Å²) >= 11 is 5.25. The lowest BCUT2D eigenvalue weighted by Crippen LogP contribution is -2.22. The number of likely N-dealkylation sites (N-methyl/N-ethyl adjacent to an activating group) is 1. The number of aryl methyl sites for hydroxylation is 1. The second-order valence-corrected chi connectivity index (χ2v) is 6.50. The fourth-order valence-corrected chi connectivity index (χ4v) is 3.19. The van der Waals surface area contributed by atoms with Crippen molar-refractivity contribution < 1.29 is 0 Å². The summed E-state index contributed by atoms with van der Waals surface area (Å²) < 4.78 is 1.13. The average molecular weight is 339 g/mol. The molecule has 0 aliphatic heterocycles. The predicted octanol–water partition coefficient (Wildman–Crippen LogP) is 4.15. The average Bonchev–Trinajstić information content (AvgIpc) is 2.81. The van der Waals surface area contributed by atoms with E-state index >= 15 is 0 Å². The topological polar surface area (TPSA) is 24.9 Å². The van der Waals surface area contributed by atoms with Crippen molar-refractivity contribution in [3.63, 3.8) is 0 Å². The summed E-state index contributed by atoms with van der Waals surface area (Å²) in [6, 6.07) is 8.63. The number of benzene rings is 1. The molecule has 2 nitrogen and oxygen atoms in total. The minimum absolute atomic E-state index is 0.485. The Kier molecular flexibility index (Phi) is 5.55. The Bertz CT molecular complexity index is 507. The quantitative estimate of drug-likeness (QED) is 0.855. The maximum atomic E-state index is 4.58. The Morgan fingerprint density at radius 2 is 2.05 bits per heavy atom. The molecular weight excluding hydrogens is 320 g/mol. The van der Waals surface area contributed by atoms with E-state index in [2.05, 4.69) is 69.7 Å². The molecule has 0 radical (unpaired) electrons. The summed E-state index contributed by atoms with van der Waals surface area (Å²) in [5.41, 5.74) is 2.50. The second-order valence-electron chi connectivity index (χ2n) is 4.64. The van der Waals surface area contributed by atoms with Crippen molar-refractivity contribution in [1.82, 2.24) is 10.3 Å². The molecule has 0 aliphatic rings. The van der Waals surface area contributed by atoms with Gasteiger partial charge in [0.15, 0.2) is 0 Å². The van der Waals surface area contributed by atoms with Gasteiger partial charge in [-0.2, -0.15) is 0 Å². The lowest BCUT2D eigenvalue weighted by molar-refractivity contribution is 0.593. The molecular formula is C15H19BrN2S. The lowest BCUT2D eigenvalue weighted by Gasteiger charge is -2.16. The van der Waals surface area contributed by atoms with Gasteiger partial charge in [-0.15, -0.1) is 11.3 Å². The SMILES string of the molecule is CCNCC(Cc1nc(C)cs1)c1ccc(Br)cc1. The first-order valence-electron chi connectivity index (χ1n) is 6.56. The van der Waals surface area contributed by atoms with Crippen LogP contribution in [0.25, 0.3) is 0 Å².